The number of ether oxygens (including phenoxy) is 1. The first-order valence-electron chi connectivity index (χ1n) is 10.9. The van der Waals surface area contributed by atoms with E-state index in [4.69, 9.17) is 9.73 Å². The number of amides is 1. The summed E-state index contributed by atoms with van der Waals surface area (Å²) < 4.78 is 33.6. The molecule has 0 bridgehead atoms. The molecule has 2 aliphatic heterocycles. The first kappa shape index (κ1) is 21.1. The molecular formula is C26H23F2N3O2. The zero-order valence-corrected chi connectivity index (χ0v) is 18.4. The van der Waals surface area contributed by atoms with Crippen molar-refractivity contribution in [1.82, 2.24) is 9.80 Å². The molecule has 1 amide bonds. The van der Waals surface area contributed by atoms with Gasteiger partial charge in [0, 0.05) is 32.2 Å². The van der Waals surface area contributed by atoms with E-state index in [1.54, 1.807) is 4.90 Å². The first-order chi connectivity index (χ1) is 15.9. The summed E-state index contributed by atoms with van der Waals surface area (Å²) in [4.78, 5) is 21.5. The summed E-state index contributed by atoms with van der Waals surface area (Å²) in [7, 11) is 0. The van der Waals surface area contributed by atoms with E-state index in [9.17, 15) is 13.6 Å². The van der Waals surface area contributed by atoms with Crippen LogP contribution >= 0.6 is 0 Å². The van der Waals surface area contributed by atoms with E-state index in [0.29, 0.717) is 31.9 Å². The number of nitrogens with zero attached hydrogens (tertiary/aromatic N) is 3. The normalized spacial score (nSPS) is 15.2. The van der Waals surface area contributed by atoms with Crippen molar-refractivity contribution in [3.63, 3.8) is 0 Å². The predicted octanol–water partition coefficient (Wildman–Crippen LogP) is 5.22. The second-order valence-electron chi connectivity index (χ2n) is 8.41. The molecule has 3 aromatic rings. The van der Waals surface area contributed by atoms with Crippen molar-refractivity contribution in [3.8, 4) is 11.5 Å². The van der Waals surface area contributed by atoms with Crippen LogP contribution in [0, 0.1) is 25.5 Å². The van der Waals surface area contributed by atoms with E-state index in [0.717, 1.165) is 46.1 Å². The molecule has 5 rings (SSSR count). The Morgan fingerprint density at radius 1 is 0.879 bits per heavy atom. The molecular weight excluding hydrogens is 424 g/mol. The molecule has 0 spiro atoms. The van der Waals surface area contributed by atoms with Crippen molar-refractivity contribution in [3.05, 3.63) is 88.5 Å². The van der Waals surface area contributed by atoms with Crippen LogP contribution in [0.4, 0.5) is 14.5 Å². The van der Waals surface area contributed by atoms with Gasteiger partial charge in [-0.3, -0.25) is 4.79 Å². The van der Waals surface area contributed by atoms with E-state index in [1.807, 2.05) is 44.2 Å². The van der Waals surface area contributed by atoms with Crippen LogP contribution in [0.25, 0.3) is 0 Å². The summed E-state index contributed by atoms with van der Waals surface area (Å²) in [5.74, 6) is 0.244. The van der Waals surface area contributed by atoms with Gasteiger partial charge in [-0.25, -0.2) is 13.8 Å². The van der Waals surface area contributed by atoms with Gasteiger partial charge in [-0.2, -0.15) is 0 Å². The van der Waals surface area contributed by atoms with E-state index < -0.39 is 17.5 Å². The second kappa shape index (κ2) is 8.31. The summed E-state index contributed by atoms with van der Waals surface area (Å²) in [6, 6.07) is 15.0. The van der Waals surface area contributed by atoms with Gasteiger partial charge in [-0.1, -0.05) is 17.7 Å². The lowest BCUT2D eigenvalue weighted by Crippen LogP contribution is -2.51. The number of fused-ring (bicyclic) bond motifs is 2. The highest BCUT2D eigenvalue weighted by molar-refractivity contribution is 6.04. The molecule has 3 aromatic carbocycles. The van der Waals surface area contributed by atoms with Gasteiger partial charge in [-0.15, -0.1) is 0 Å². The molecule has 33 heavy (non-hydrogen) atoms. The maximum atomic E-state index is 14.1. The maximum Gasteiger partial charge on any atom is 0.256 e. The molecule has 2 heterocycles. The van der Waals surface area contributed by atoms with Crippen molar-refractivity contribution in [2.24, 2.45) is 4.99 Å². The van der Waals surface area contributed by atoms with Crippen LogP contribution in [-0.2, 0) is 0 Å². The highest BCUT2D eigenvalue weighted by Crippen LogP contribution is 2.39. The van der Waals surface area contributed by atoms with E-state index >= 15 is 0 Å². The molecule has 1 fully saturated rings. The Labute approximate surface area is 190 Å². The minimum Gasteiger partial charge on any atom is -0.454 e. The van der Waals surface area contributed by atoms with E-state index in [1.165, 1.54) is 6.07 Å². The number of aliphatic imine (C=N–C) groups is 1. The standard InChI is InChI=1S/C26H23F2N3O2/c1-16-4-8-23-20(13-16)25(29-22-7-3-17(2)14-24(22)33-23)30-9-11-31(12-10-30)26(32)19-6-5-18(27)15-21(19)28/h3-8,13-15H,9-12H2,1-2H3. The van der Waals surface area contributed by atoms with Crippen LogP contribution < -0.4 is 4.74 Å². The molecule has 1 saturated heterocycles. The van der Waals surface area contributed by atoms with Gasteiger partial charge in [-0.05, 0) is 55.8 Å². The fourth-order valence-electron chi connectivity index (χ4n) is 4.19. The van der Waals surface area contributed by atoms with Crippen LogP contribution in [0.2, 0.25) is 0 Å². The van der Waals surface area contributed by atoms with Crippen LogP contribution in [0.15, 0.2) is 59.6 Å². The molecule has 0 unspecified atom stereocenters. The summed E-state index contributed by atoms with van der Waals surface area (Å²) in [6.45, 7) is 5.89. The highest BCUT2D eigenvalue weighted by Gasteiger charge is 2.29. The molecule has 2 aliphatic rings. The lowest BCUT2D eigenvalue weighted by atomic mass is 10.1. The average molecular weight is 447 g/mol. The summed E-state index contributed by atoms with van der Waals surface area (Å²) in [5.41, 5.74) is 3.70. The predicted molar refractivity (Wildman–Crippen MR) is 122 cm³/mol. The minimum atomic E-state index is -0.843. The third-order valence-corrected chi connectivity index (χ3v) is 5.97. The van der Waals surface area contributed by atoms with Crippen LogP contribution in [0.3, 0.4) is 0 Å². The number of benzene rings is 3. The Hall–Kier alpha value is -3.74. The van der Waals surface area contributed by atoms with Gasteiger partial charge in [0.1, 0.15) is 28.9 Å². The molecule has 5 nitrogen and oxygen atoms in total. The van der Waals surface area contributed by atoms with E-state index in [2.05, 4.69) is 11.0 Å². The van der Waals surface area contributed by atoms with Crippen molar-refractivity contribution in [1.29, 1.82) is 0 Å². The number of carbonyl (C=O) groups excluding carboxylic acids is 1. The number of halogens is 2. The number of piperazine rings is 1. The van der Waals surface area contributed by atoms with Gasteiger partial charge in [0.25, 0.3) is 5.91 Å². The minimum absolute atomic E-state index is 0.115. The van der Waals surface area contributed by atoms with Crippen molar-refractivity contribution < 1.29 is 18.3 Å². The Morgan fingerprint density at radius 2 is 1.61 bits per heavy atom. The largest absolute Gasteiger partial charge is 0.454 e. The molecule has 0 saturated carbocycles. The third kappa shape index (κ3) is 4.06. The number of hydrogen-bond donors (Lipinski definition) is 0. The van der Waals surface area contributed by atoms with Crippen LogP contribution in [-0.4, -0.2) is 47.7 Å². The fourth-order valence-corrected chi connectivity index (χ4v) is 4.19. The summed E-state index contributed by atoms with van der Waals surface area (Å²) >= 11 is 0. The maximum absolute atomic E-state index is 14.1. The van der Waals surface area contributed by atoms with Gasteiger partial charge < -0.3 is 14.5 Å². The number of carbonyl (C=O) groups is 1. The molecule has 0 aliphatic carbocycles. The zero-order chi connectivity index (χ0) is 23.1. The number of rotatable bonds is 1. The Bertz CT molecular complexity index is 1280. The average Bonchev–Trinajstić information content (AvgIpc) is 2.95. The molecule has 0 N–H and O–H groups in total. The van der Waals surface area contributed by atoms with Crippen molar-refractivity contribution >= 4 is 17.4 Å². The quantitative estimate of drug-likeness (QED) is 0.514. The smallest absolute Gasteiger partial charge is 0.256 e. The number of amidine groups is 1. The fraction of sp³-hybridized carbons (Fsp3) is 0.231. The van der Waals surface area contributed by atoms with Gasteiger partial charge in [0.05, 0.1) is 11.1 Å². The Kier molecular flexibility index (Phi) is 5.32. The SMILES string of the molecule is Cc1ccc2c(c1)Oc1ccc(C)cc1C(N1CCN(C(=O)c3ccc(F)cc3F)CC1)=N2. The first-order valence-corrected chi connectivity index (χ1v) is 10.9. The van der Waals surface area contributed by atoms with Crippen LogP contribution in [0.1, 0.15) is 27.0 Å². The third-order valence-electron chi connectivity index (χ3n) is 5.97. The highest BCUT2D eigenvalue weighted by atomic mass is 19.1. The van der Waals surface area contributed by atoms with Gasteiger partial charge >= 0.3 is 0 Å². The van der Waals surface area contributed by atoms with Crippen LogP contribution in [0.5, 0.6) is 11.5 Å². The second-order valence-corrected chi connectivity index (χ2v) is 8.41. The Balaban J connectivity index is 1.43. The summed E-state index contributed by atoms with van der Waals surface area (Å²) in [5, 5.41) is 0. The summed E-state index contributed by atoms with van der Waals surface area (Å²) in [6.07, 6.45) is 0. The van der Waals surface area contributed by atoms with E-state index in [-0.39, 0.29) is 5.56 Å². The monoisotopic (exact) mass is 447 g/mol. The van der Waals surface area contributed by atoms with Crippen molar-refractivity contribution in [2.75, 3.05) is 26.2 Å². The number of hydrogen-bond acceptors (Lipinski definition) is 4. The lowest BCUT2D eigenvalue weighted by molar-refractivity contribution is 0.0687. The molecule has 0 radical (unpaired) electrons. The Morgan fingerprint density at radius 3 is 2.36 bits per heavy atom. The van der Waals surface area contributed by atoms with Gasteiger partial charge in [0.15, 0.2) is 5.75 Å². The molecule has 7 heteroatoms. The topological polar surface area (TPSA) is 45.1 Å². The molecule has 168 valence electrons. The zero-order valence-electron chi connectivity index (χ0n) is 18.4. The molecule has 0 aromatic heterocycles. The van der Waals surface area contributed by atoms with Gasteiger partial charge in [0.2, 0.25) is 0 Å². The lowest BCUT2D eigenvalue weighted by Gasteiger charge is -2.36. The molecule has 0 atom stereocenters. The van der Waals surface area contributed by atoms with Crippen molar-refractivity contribution in [2.45, 2.75) is 13.8 Å². The number of aryl methyl sites for hydroxylation is 2.